The molecule has 2 aliphatic heterocycles. The van der Waals surface area contributed by atoms with Crippen LogP contribution in [0.1, 0.15) is 41.4 Å². The highest BCUT2D eigenvalue weighted by molar-refractivity contribution is 5.94. The standard InChI is InChI=1S/C20H24N2O4/c23-20(15-6-7-18-19(13-15)26-12-4-11-25-18)21-14-16(17-5-3-10-24-17)22-8-1-2-9-22/h3,5-7,10,13,16H,1-2,4,8-9,11-12,14H2,(H,21,23)/t16-/m1/s1. The lowest BCUT2D eigenvalue weighted by Crippen LogP contribution is -2.36. The lowest BCUT2D eigenvalue weighted by Gasteiger charge is -2.26. The molecule has 138 valence electrons. The number of hydrogen-bond donors (Lipinski definition) is 1. The molecular formula is C20H24N2O4. The normalized spacial score (nSPS) is 18.3. The van der Waals surface area contributed by atoms with Gasteiger partial charge in [-0.1, -0.05) is 0 Å². The second-order valence-corrected chi connectivity index (χ2v) is 6.70. The summed E-state index contributed by atoms with van der Waals surface area (Å²) in [5.74, 6) is 2.11. The van der Waals surface area contributed by atoms with Gasteiger partial charge in [0.2, 0.25) is 0 Å². The van der Waals surface area contributed by atoms with Crippen molar-refractivity contribution in [1.29, 1.82) is 0 Å². The molecule has 1 N–H and O–H groups in total. The number of likely N-dealkylation sites (tertiary alicyclic amines) is 1. The maximum absolute atomic E-state index is 12.6. The van der Waals surface area contributed by atoms with Gasteiger partial charge in [-0.05, 0) is 56.3 Å². The second-order valence-electron chi connectivity index (χ2n) is 6.70. The van der Waals surface area contributed by atoms with Gasteiger partial charge in [-0.3, -0.25) is 9.69 Å². The molecule has 1 aromatic heterocycles. The van der Waals surface area contributed by atoms with Crippen LogP contribution in [0.2, 0.25) is 0 Å². The number of benzene rings is 1. The fourth-order valence-corrected chi connectivity index (χ4v) is 3.54. The van der Waals surface area contributed by atoms with Crippen LogP contribution < -0.4 is 14.8 Å². The maximum Gasteiger partial charge on any atom is 0.251 e. The molecule has 0 bridgehead atoms. The summed E-state index contributed by atoms with van der Waals surface area (Å²) >= 11 is 0. The molecular weight excluding hydrogens is 332 g/mol. The monoisotopic (exact) mass is 356 g/mol. The van der Waals surface area contributed by atoms with Crippen molar-refractivity contribution in [2.45, 2.75) is 25.3 Å². The Morgan fingerprint density at radius 3 is 2.65 bits per heavy atom. The second kappa shape index (κ2) is 7.83. The molecule has 1 amide bonds. The summed E-state index contributed by atoms with van der Waals surface area (Å²) in [5.41, 5.74) is 0.578. The largest absolute Gasteiger partial charge is 0.490 e. The molecule has 6 nitrogen and oxygen atoms in total. The van der Waals surface area contributed by atoms with Crippen LogP contribution in [0.4, 0.5) is 0 Å². The average Bonchev–Trinajstić information content (AvgIpc) is 3.33. The Bertz CT molecular complexity index is 738. The number of furan rings is 1. The first kappa shape index (κ1) is 17.0. The molecule has 6 heteroatoms. The Balaban J connectivity index is 1.44. The Kier molecular flexibility index (Phi) is 5.11. The van der Waals surface area contributed by atoms with Gasteiger partial charge >= 0.3 is 0 Å². The number of nitrogens with one attached hydrogen (secondary N) is 1. The zero-order valence-corrected chi connectivity index (χ0v) is 14.8. The van der Waals surface area contributed by atoms with Crippen LogP contribution >= 0.6 is 0 Å². The molecule has 0 spiro atoms. The van der Waals surface area contributed by atoms with E-state index in [-0.39, 0.29) is 11.9 Å². The van der Waals surface area contributed by atoms with E-state index in [1.165, 1.54) is 12.8 Å². The highest BCUT2D eigenvalue weighted by Gasteiger charge is 2.26. The van der Waals surface area contributed by atoms with Gasteiger partial charge in [0.1, 0.15) is 5.76 Å². The van der Waals surface area contributed by atoms with Crippen molar-refractivity contribution in [3.63, 3.8) is 0 Å². The van der Waals surface area contributed by atoms with E-state index in [0.717, 1.165) is 25.3 Å². The van der Waals surface area contributed by atoms with Gasteiger partial charge in [0.05, 0.1) is 25.5 Å². The summed E-state index contributed by atoms with van der Waals surface area (Å²) in [6, 6.07) is 9.28. The molecule has 2 aromatic rings. The van der Waals surface area contributed by atoms with Gasteiger partial charge in [-0.2, -0.15) is 0 Å². The SMILES string of the molecule is O=C(NC[C@H](c1ccco1)N1CCCC1)c1ccc2c(c1)OCCCO2. The molecule has 0 unspecified atom stereocenters. The summed E-state index contributed by atoms with van der Waals surface area (Å²) in [4.78, 5) is 15.0. The fourth-order valence-electron chi connectivity index (χ4n) is 3.54. The van der Waals surface area contributed by atoms with Crippen LogP contribution in [0.15, 0.2) is 41.0 Å². The maximum atomic E-state index is 12.6. The van der Waals surface area contributed by atoms with E-state index in [2.05, 4.69) is 10.2 Å². The van der Waals surface area contributed by atoms with E-state index in [0.29, 0.717) is 36.8 Å². The number of carbonyl (C=O) groups is 1. The Labute approximate surface area is 153 Å². The average molecular weight is 356 g/mol. The molecule has 4 rings (SSSR count). The fraction of sp³-hybridized carbons (Fsp3) is 0.450. The molecule has 26 heavy (non-hydrogen) atoms. The number of nitrogens with zero attached hydrogens (tertiary/aromatic N) is 1. The Morgan fingerprint density at radius 2 is 1.88 bits per heavy atom. The van der Waals surface area contributed by atoms with E-state index < -0.39 is 0 Å². The minimum Gasteiger partial charge on any atom is -0.490 e. The molecule has 1 fully saturated rings. The zero-order valence-electron chi connectivity index (χ0n) is 14.8. The van der Waals surface area contributed by atoms with E-state index >= 15 is 0 Å². The first-order valence-electron chi connectivity index (χ1n) is 9.26. The molecule has 1 aromatic carbocycles. The molecule has 1 atom stereocenters. The summed E-state index contributed by atoms with van der Waals surface area (Å²) < 4.78 is 16.9. The van der Waals surface area contributed by atoms with Crippen molar-refractivity contribution in [3.8, 4) is 11.5 Å². The van der Waals surface area contributed by atoms with E-state index in [1.807, 2.05) is 12.1 Å². The first-order valence-corrected chi connectivity index (χ1v) is 9.26. The molecule has 1 saturated heterocycles. The van der Waals surface area contributed by atoms with Gasteiger partial charge in [0.15, 0.2) is 11.5 Å². The smallest absolute Gasteiger partial charge is 0.251 e. The van der Waals surface area contributed by atoms with E-state index in [9.17, 15) is 4.79 Å². The van der Waals surface area contributed by atoms with E-state index in [1.54, 1.807) is 24.5 Å². The van der Waals surface area contributed by atoms with Crippen molar-refractivity contribution in [2.75, 3.05) is 32.8 Å². The number of fused-ring (bicyclic) bond motifs is 1. The molecule has 3 heterocycles. The number of rotatable bonds is 5. The predicted molar refractivity (Wildman–Crippen MR) is 96.6 cm³/mol. The predicted octanol–water partition coefficient (Wildman–Crippen LogP) is 3.01. The quantitative estimate of drug-likeness (QED) is 0.892. The highest BCUT2D eigenvalue weighted by Crippen LogP contribution is 2.30. The number of hydrogen-bond acceptors (Lipinski definition) is 5. The van der Waals surface area contributed by atoms with Crippen LogP contribution in [-0.4, -0.2) is 43.7 Å². The first-order chi connectivity index (χ1) is 12.8. The lowest BCUT2D eigenvalue weighted by molar-refractivity contribution is 0.0933. The van der Waals surface area contributed by atoms with Crippen LogP contribution in [-0.2, 0) is 0 Å². The summed E-state index contributed by atoms with van der Waals surface area (Å²) in [5, 5.41) is 3.05. The minimum atomic E-state index is -0.114. The van der Waals surface area contributed by atoms with Gasteiger partial charge < -0.3 is 19.2 Å². The number of carbonyl (C=O) groups excluding carboxylic acids is 1. The van der Waals surface area contributed by atoms with Crippen molar-refractivity contribution in [3.05, 3.63) is 47.9 Å². The molecule has 0 radical (unpaired) electrons. The van der Waals surface area contributed by atoms with Gasteiger partial charge in [-0.15, -0.1) is 0 Å². The third kappa shape index (κ3) is 3.70. The molecule has 0 saturated carbocycles. The minimum absolute atomic E-state index is 0.0665. The van der Waals surface area contributed by atoms with Crippen LogP contribution in [0.5, 0.6) is 11.5 Å². The van der Waals surface area contributed by atoms with Crippen molar-refractivity contribution in [2.24, 2.45) is 0 Å². The zero-order chi connectivity index (χ0) is 17.8. The summed E-state index contributed by atoms with van der Waals surface area (Å²) in [7, 11) is 0. The third-order valence-corrected chi connectivity index (χ3v) is 4.92. The van der Waals surface area contributed by atoms with Crippen molar-refractivity contribution >= 4 is 5.91 Å². The molecule has 2 aliphatic rings. The van der Waals surface area contributed by atoms with Gasteiger partial charge in [0.25, 0.3) is 5.91 Å². The van der Waals surface area contributed by atoms with Crippen molar-refractivity contribution in [1.82, 2.24) is 10.2 Å². The third-order valence-electron chi connectivity index (χ3n) is 4.92. The van der Waals surface area contributed by atoms with Crippen molar-refractivity contribution < 1.29 is 18.7 Å². The summed E-state index contributed by atoms with van der Waals surface area (Å²) in [6.07, 6.45) is 4.90. The highest BCUT2D eigenvalue weighted by atomic mass is 16.5. The van der Waals surface area contributed by atoms with Crippen LogP contribution in [0.25, 0.3) is 0 Å². The van der Waals surface area contributed by atoms with E-state index in [4.69, 9.17) is 13.9 Å². The Hall–Kier alpha value is -2.47. The number of ether oxygens (including phenoxy) is 2. The van der Waals surface area contributed by atoms with Gasteiger partial charge in [-0.25, -0.2) is 0 Å². The lowest BCUT2D eigenvalue weighted by atomic mass is 10.1. The number of amides is 1. The van der Waals surface area contributed by atoms with Crippen LogP contribution in [0, 0.1) is 0 Å². The topological polar surface area (TPSA) is 63.9 Å². The van der Waals surface area contributed by atoms with Crippen LogP contribution in [0.3, 0.4) is 0 Å². The summed E-state index contributed by atoms with van der Waals surface area (Å²) in [6.45, 7) is 3.82. The molecule has 0 aliphatic carbocycles. The van der Waals surface area contributed by atoms with Gasteiger partial charge in [0, 0.05) is 18.5 Å². The Morgan fingerprint density at radius 1 is 1.08 bits per heavy atom.